The molecular formula is C11H7F6NO2S. The Hall–Kier alpha value is -1.42. The molecule has 1 N–H and O–H groups in total. The van der Waals surface area contributed by atoms with Crippen molar-refractivity contribution < 1.29 is 36.2 Å². The molecule has 1 amide bonds. The van der Waals surface area contributed by atoms with E-state index in [9.17, 15) is 36.2 Å². The quantitative estimate of drug-likeness (QED) is 0.804. The summed E-state index contributed by atoms with van der Waals surface area (Å²) in [4.78, 5) is 12.0. The zero-order valence-electron chi connectivity index (χ0n) is 10.00. The van der Waals surface area contributed by atoms with Gasteiger partial charge in [-0.25, -0.2) is 0 Å². The summed E-state index contributed by atoms with van der Waals surface area (Å²) in [6.45, 7) is 0. The number of carbonyl (C=O) groups excluding carboxylic acids is 1. The minimum atomic E-state index is -5.00. The SMILES string of the molecule is O=C1CSC(O)N1c1cc(C(F)(F)F)cc(C(F)(F)F)c1. The molecule has 2 rings (SSSR count). The number of anilines is 1. The zero-order chi connectivity index (χ0) is 16.0. The predicted molar refractivity (Wildman–Crippen MR) is 62.4 cm³/mol. The summed E-state index contributed by atoms with van der Waals surface area (Å²) in [5, 5.41) is 9.51. The predicted octanol–water partition coefficient (Wildman–Crippen LogP) is 3.08. The summed E-state index contributed by atoms with van der Waals surface area (Å²) in [6, 6.07) is 0.772. The van der Waals surface area contributed by atoms with Crippen LogP contribution in [0.15, 0.2) is 18.2 Å². The van der Waals surface area contributed by atoms with Crippen LogP contribution in [0.2, 0.25) is 0 Å². The molecule has 1 aliphatic rings. The third kappa shape index (κ3) is 3.26. The van der Waals surface area contributed by atoms with Crippen molar-refractivity contribution in [2.45, 2.75) is 17.9 Å². The summed E-state index contributed by atoms with van der Waals surface area (Å²) in [5.74, 6) is -0.987. The Kier molecular flexibility index (Phi) is 3.87. The number of halogens is 6. The van der Waals surface area contributed by atoms with E-state index in [1.54, 1.807) is 0 Å². The second kappa shape index (κ2) is 5.09. The number of aliphatic hydroxyl groups is 1. The van der Waals surface area contributed by atoms with Gasteiger partial charge in [-0.2, -0.15) is 26.3 Å². The van der Waals surface area contributed by atoms with Crippen LogP contribution in [0.5, 0.6) is 0 Å². The van der Waals surface area contributed by atoms with Crippen molar-refractivity contribution in [1.82, 2.24) is 0 Å². The molecule has 1 saturated heterocycles. The highest BCUT2D eigenvalue weighted by Gasteiger charge is 2.39. The fourth-order valence-electron chi connectivity index (χ4n) is 1.76. The van der Waals surface area contributed by atoms with Crippen molar-refractivity contribution in [3.8, 4) is 0 Å². The first-order valence-corrected chi connectivity index (χ1v) is 6.46. The highest BCUT2D eigenvalue weighted by molar-refractivity contribution is 8.01. The molecule has 0 saturated carbocycles. The number of hydrogen-bond donors (Lipinski definition) is 1. The molecule has 0 radical (unpaired) electrons. The van der Waals surface area contributed by atoms with Crippen molar-refractivity contribution >= 4 is 23.4 Å². The second-order valence-electron chi connectivity index (χ2n) is 4.17. The lowest BCUT2D eigenvalue weighted by Crippen LogP contribution is -2.32. The first-order chi connectivity index (χ1) is 9.50. The molecule has 0 bridgehead atoms. The Morgan fingerprint density at radius 1 is 1.05 bits per heavy atom. The number of thioether (sulfide) groups is 1. The van der Waals surface area contributed by atoms with Gasteiger partial charge >= 0.3 is 12.4 Å². The summed E-state index contributed by atoms with van der Waals surface area (Å²) in [5.41, 5.74) is -5.23. The van der Waals surface area contributed by atoms with Crippen LogP contribution in [0.3, 0.4) is 0 Å². The van der Waals surface area contributed by atoms with Gasteiger partial charge in [0.15, 0.2) is 5.56 Å². The number of carbonyl (C=O) groups is 1. The number of benzene rings is 1. The van der Waals surface area contributed by atoms with Crippen LogP contribution in [0, 0.1) is 0 Å². The lowest BCUT2D eigenvalue weighted by molar-refractivity contribution is -0.143. The molecular weight excluding hydrogens is 324 g/mol. The summed E-state index contributed by atoms with van der Waals surface area (Å²) >= 11 is 0.704. The van der Waals surface area contributed by atoms with Crippen LogP contribution in [0.4, 0.5) is 32.0 Å². The van der Waals surface area contributed by atoms with Gasteiger partial charge in [-0.1, -0.05) is 11.8 Å². The lowest BCUT2D eigenvalue weighted by Gasteiger charge is -2.22. The number of amides is 1. The number of nitrogens with zero attached hydrogens (tertiary/aromatic N) is 1. The first kappa shape index (κ1) is 16.0. The molecule has 1 aromatic carbocycles. The van der Waals surface area contributed by atoms with E-state index in [2.05, 4.69) is 0 Å². The largest absolute Gasteiger partial charge is 0.416 e. The maximum atomic E-state index is 12.7. The van der Waals surface area contributed by atoms with E-state index in [-0.39, 0.29) is 11.8 Å². The molecule has 0 spiro atoms. The van der Waals surface area contributed by atoms with Crippen LogP contribution >= 0.6 is 11.8 Å². The Morgan fingerprint density at radius 3 is 1.86 bits per heavy atom. The number of aliphatic hydroxyl groups excluding tert-OH is 1. The molecule has 0 aromatic heterocycles. The molecule has 3 nitrogen and oxygen atoms in total. The molecule has 0 aliphatic carbocycles. The second-order valence-corrected chi connectivity index (χ2v) is 5.21. The third-order valence-electron chi connectivity index (χ3n) is 2.70. The van der Waals surface area contributed by atoms with Crippen molar-refractivity contribution in [3.63, 3.8) is 0 Å². The molecule has 1 aromatic rings. The van der Waals surface area contributed by atoms with Crippen LogP contribution in [-0.2, 0) is 17.1 Å². The fraction of sp³-hybridized carbons (Fsp3) is 0.364. The van der Waals surface area contributed by atoms with Crippen LogP contribution in [-0.4, -0.2) is 22.3 Å². The maximum absolute atomic E-state index is 12.7. The summed E-state index contributed by atoms with van der Waals surface area (Å²) in [6.07, 6.45) is -10.0. The Balaban J connectivity index is 2.58. The van der Waals surface area contributed by atoms with Gasteiger partial charge < -0.3 is 5.11 Å². The number of hydrogen-bond acceptors (Lipinski definition) is 3. The van der Waals surface area contributed by atoms with E-state index < -0.39 is 40.6 Å². The molecule has 10 heteroatoms. The Bertz CT molecular complexity index is 539. The molecule has 21 heavy (non-hydrogen) atoms. The molecule has 1 heterocycles. The van der Waals surface area contributed by atoms with E-state index in [1.807, 2.05) is 0 Å². The standard InChI is InChI=1S/C11H7F6NO2S/c12-10(13,14)5-1-6(11(15,16)17)3-7(2-5)18-8(19)4-21-9(18)20/h1-3,9,20H,4H2. The monoisotopic (exact) mass is 331 g/mol. The smallest absolute Gasteiger partial charge is 0.364 e. The average molecular weight is 331 g/mol. The minimum absolute atomic E-state index is 0.0381. The summed E-state index contributed by atoms with van der Waals surface area (Å²) < 4.78 is 76.1. The number of alkyl halides is 6. The molecule has 1 atom stereocenters. The van der Waals surface area contributed by atoms with Gasteiger partial charge in [-0.15, -0.1) is 0 Å². The van der Waals surface area contributed by atoms with E-state index in [0.717, 1.165) is 0 Å². The van der Waals surface area contributed by atoms with Gasteiger partial charge in [0.1, 0.15) is 0 Å². The van der Waals surface area contributed by atoms with Gasteiger partial charge in [-0.3, -0.25) is 9.69 Å². The van der Waals surface area contributed by atoms with E-state index >= 15 is 0 Å². The van der Waals surface area contributed by atoms with E-state index in [1.165, 1.54) is 0 Å². The van der Waals surface area contributed by atoms with Crippen molar-refractivity contribution in [2.75, 3.05) is 10.7 Å². The lowest BCUT2D eigenvalue weighted by atomic mass is 10.1. The van der Waals surface area contributed by atoms with Crippen molar-refractivity contribution in [3.05, 3.63) is 29.3 Å². The van der Waals surface area contributed by atoms with Crippen LogP contribution in [0.25, 0.3) is 0 Å². The van der Waals surface area contributed by atoms with Crippen molar-refractivity contribution in [2.24, 2.45) is 0 Å². The summed E-state index contributed by atoms with van der Waals surface area (Å²) in [7, 11) is 0. The number of rotatable bonds is 1. The van der Waals surface area contributed by atoms with Gasteiger partial charge in [0.2, 0.25) is 5.91 Å². The van der Waals surface area contributed by atoms with Crippen LogP contribution < -0.4 is 4.90 Å². The first-order valence-electron chi connectivity index (χ1n) is 5.41. The molecule has 1 aliphatic heterocycles. The highest BCUT2D eigenvalue weighted by atomic mass is 32.2. The van der Waals surface area contributed by atoms with Gasteiger partial charge in [0, 0.05) is 5.69 Å². The third-order valence-corrected chi connectivity index (χ3v) is 3.62. The molecule has 116 valence electrons. The van der Waals surface area contributed by atoms with Gasteiger partial charge in [0.25, 0.3) is 0 Å². The fourth-order valence-corrected chi connectivity index (χ4v) is 2.58. The molecule has 1 fully saturated rings. The maximum Gasteiger partial charge on any atom is 0.416 e. The highest BCUT2D eigenvalue weighted by Crippen LogP contribution is 2.40. The van der Waals surface area contributed by atoms with E-state index in [4.69, 9.17) is 0 Å². The average Bonchev–Trinajstić information content (AvgIpc) is 2.66. The minimum Gasteiger partial charge on any atom is -0.364 e. The van der Waals surface area contributed by atoms with Crippen LogP contribution in [0.1, 0.15) is 11.1 Å². The Morgan fingerprint density at radius 2 is 1.52 bits per heavy atom. The van der Waals surface area contributed by atoms with E-state index in [0.29, 0.717) is 28.8 Å². The normalized spacial score (nSPS) is 20.2. The zero-order valence-corrected chi connectivity index (χ0v) is 10.8. The van der Waals surface area contributed by atoms with Crippen molar-refractivity contribution in [1.29, 1.82) is 0 Å². The molecule has 1 unspecified atom stereocenters. The Labute approximate surface area is 118 Å². The van der Waals surface area contributed by atoms with Gasteiger partial charge in [0.05, 0.1) is 16.9 Å². The topological polar surface area (TPSA) is 40.5 Å². The van der Waals surface area contributed by atoms with Gasteiger partial charge in [-0.05, 0) is 18.2 Å².